The highest BCUT2D eigenvalue weighted by molar-refractivity contribution is 7.80. The van der Waals surface area contributed by atoms with Gasteiger partial charge in [0.2, 0.25) is 0 Å². The highest BCUT2D eigenvalue weighted by atomic mass is 32.1. The molecule has 0 saturated heterocycles. The van der Waals surface area contributed by atoms with E-state index in [0.717, 1.165) is 10.2 Å². The van der Waals surface area contributed by atoms with Gasteiger partial charge in [-0.15, -0.1) is 0 Å². The molecule has 0 aliphatic rings. The Kier molecular flexibility index (Phi) is 8.80. The molecule has 0 aliphatic heterocycles. The van der Waals surface area contributed by atoms with Gasteiger partial charge in [0.25, 0.3) is 0 Å². The van der Waals surface area contributed by atoms with Gasteiger partial charge in [-0.25, -0.2) is 0 Å². The predicted octanol–water partition coefficient (Wildman–Crippen LogP) is 3.35. The van der Waals surface area contributed by atoms with Gasteiger partial charge < -0.3 is 4.48 Å². The summed E-state index contributed by atoms with van der Waals surface area (Å²) in [6.45, 7) is 1.32. The molecule has 14 heavy (non-hydrogen) atoms. The van der Waals surface area contributed by atoms with Gasteiger partial charge in [-0.3, -0.25) is 0 Å². The standard InChI is InChI=1S/C12H27NS/c1-13(2,3)11-9-7-5-4-6-8-10-12-14/h4-12H2,1-3H3/p+1. The zero-order valence-corrected chi connectivity index (χ0v) is 11.2. The molecule has 0 N–H and O–H groups in total. The van der Waals surface area contributed by atoms with E-state index in [4.69, 9.17) is 0 Å². The lowest BCUT2D eigenvalue weighted by Crippen LogP contribution is -2.35. The molecule has 0 unspecified atom stereocenters. The number of unbranched alkanes of at least 4 members (excludes halogenated alkanes) is 6. The monoisotopic (exact) mass is 218 g/mol. The van der Waals surface area contributed by atoms with Gasteiger partial charge in [0, 0.05) is 0 Å². The lowest BCUT2D eigenvalue weighted by Gasteiger charge is -2.23. The first-order valence-corrected chi connectivity index (χ1v) is 6.61. The van der Waals surface area contributed by atoms with Crippen LogP contribution in [0, 0.1) is 0 Å². The summed E-state index contributed by atoms with van der Waals surface area (Å²) in [5.41, 5.74) is 0. The number of quaternary nitrogens is 1. The van der Waals surface area contributed by atoms with Crippen LogP contribution < -0.4 is 0 Å². The van der Waals surface area contributed by atoms with Crippen LogP contribution in [-0.2, 0) is 0 Å². The number of hydrogen-bond donors (Lipinski definition) is 1. The van der Waals surface area contributed by atoms with E-state index in [0.29, 0.717) is 0 Å². The molecule has 0 aromatic carbocycles. The maximum atomic E-state index is 4.21. The van der Waals surface area contributed by atoms with Gasteiger partial charge in [0.1, 0.15) is 0 Å². The Hall–Kier alpha value is 0.310. The highest BCUT2D eigenvalue weighted by Gasteiger charge is 2.04. The van der Waals surface area contributed by atoms with Crippen LogP contribution in [0.2, 0.25) is 0 Å². The van der Waals surface area contributed by atoms with E-state index in [1.54, 1.807) is 0 Å². The third-order valence-corrected chi connectivity index (χ3v) is 2.80. The van der Waals surface area contributed by atoms with Crippen molar-refractivity contribution in [2.45, 2.75) is 44.9 Å². The van der Waals surface area contributed by atoms with Crippen molar-refractivity contribution in [3.63, 3.8) is 0 Å². The Bertz CT molecular complexity index is 118. The molecule has 2 heteroatoms. The molecule has 0 saturated carbocycles. The van der Waals surface area contributed by atoms with Gasteiger partial charge in [0.05, 0.1) is 27.7 Å². The van der Waals surface area contributed by atoms with Gasteiger partial charge in [-0.2, -0.15) is 12.6 Å². The Labute approximate surface area is 95.9 Å². The van der Waals surface area contributed by atoms with Crippen molar-refractivity contribution >= 4 is 12.6 Å². The van der Waals surface area contributed by atoms with Crippen LogP contribution in [0.25, 0.3) is 0 Å². The second-order valence-corrected chi connectivity index (χ2v) is 5.66. The summed E-state index contributed by atoms with van der Waals surface area (Å²) >= 11 is 4.21. The zero-order valence-electron chi connectivity index (χ0n) is 10.3. The first kappa shape index (κ1) is 14.3. The Morgan fingerprint density at radius 2 is 1.14 bits per heavy atom. The van der Waals surface area contributed by atoms with Crippen molar-refractivity contribution in [1.29, 1.82) is 0 Å². The fourth-order valence-electron chi connectivity index (χ4n) is 1.58. The van der Waals surface area contributed by atoms with E-state index in [1.165, 1.54) is 51.5 Å². The second kappa shape index (κ2) is 8.60. The molecule has 0 aromatic heterocycles. The zero-order chi connectivity index (χ0) is 10.9. The minimum absolute atomic E-state index is 1.06. The summed E-state index contributed by atoms with van der Waals surface area (Å²) in [7, 11) is 6.81. The highest BCUT2D eigenvalue weighted by Crippen LogP contribution is 2.08. The Morgan fingerprint density at radius 1 is 0.714 bits per heavy atom. The number of thiol groups is 1. The maximum absolute atomic E-state index is 4.21. The lowest BCUT2D eigenvalue weighted by atomic mass is 10.1. The molecule has 0 aliphatic carbocycles. The minimum atomic E-state index is 1.06. The van der Waals surface area contributed by atoms with E-state index in [1.807, 2.05) is 0 Å². The molecule has 0 heterocycles. The van der Waals surface area contributed by atoms with Gasteiger partial charge >= 0.3 is 0 Å². The predicted molar refractivity (Wildman–Crippen MR) is 69.1 cm³/mol. The minimum Gasteiger partial charge on any atom is -0.331 e. The first-order chi connectivity index (χ1) is 6.56. The quantitative estimate of drug-likeness (QED) is 0.342. The molecule has 0 amide bonds. The van der Waals surface area contributed by atoms with Gasteiger partial charge in [-0.05, 0) is 25.0 Å². The largest absolute Gasteiger partial charge is 0.331 e. The fraction of sp³-hybridized carbons (Fsp3) is 1.00. The maximum Gasteiger partial charge on any atom is 0.0780 e. The lowest BCUT2D eigenvalue weighted by molar-refractivity contribution is -0.870. The molecular weight excluding hydrogens is 190 g/mol. The normalized spacial score (nSPS) is 12.0. The molecular formula is C12H28NS+. The second-order valence-electron chi connectivity index (χ2n) is 5.21. The molecule has 0 bridgehead atoms. The van der Waals surface area contributed by atoms with Crippen LogP contribution in [0.15, 0.2) is 0 Å². The van der Waals surface area contributed by atoms with Crippen molar-refractivity contribution in [3.8, 4) is 0 Å². The number of nitrogens with zero attached hydrogens (tertiary/aromatic N) is 1. The first-order valence-electron chi connectivity index (χ1n) is 5.97. The third-order valence-electron chi connectivity index (χ3n) is 2.49. The fourth-order valence-corrected chi connectivity index (χ4v) is 1.81. The smallest absolute Gasteiger partial charge is 0.0780 e. The number of hydrogen-bond acceptors (Lipinski definition) is 1. The van der Waals surface area contributed by atoms with Crippen LogP contribution in [0.1, 0.15) is 44.9 Å². The Balaban J connectivity index is 2.99. The molecule has 1 nitrogen and oxygen atoms in total. The summed E-state index contributed by atoms with van der Waals surface area (Å²) < 4.78 is 1.11. The van der Waals surface area contributed by atoms with Gasteiger partial charge in [-0.1, -0.05) is 25.7 Å². The summed E-state index contributed by atoms with van der Waals surface area (Å²) in [6, 6.07) is 0. The van der Waals surface area contributed by atoms with Crippen molar-refractivity contribution in [2.24, 2.45) is 0 Å². The average Bonchev–Trinajstić information content (AvgIpc) is 2.08. The van der Waals surface area contributed by atoms with Crippen LogP contribution in [0.5, 0.6) is 0 Å². The van der Waals surface area contributed by atoms with E-state index in [2.05, 4.69) is 33.8 Å². The molecule has 0 radical (unpaired) electrons. The average molecular weight is 218 g/mol. The summed E-state index contributed by atoms with van der Waals surface area (Å²) in [4.78, 5) is 0. The number of rotatable bonds is 9. The van der Waals surface area contributed by atoms with E-state index >= 15 is 0 Å². The van der Waals surface area contributed by atoms with E-state index in [-0.39, 0.29) is 0 Å². The van der Waals surface area contributed by atoms with Crippen molar-refractivity contribution < 1.29 is 4.48 Å². The van der Waals surface area contributed by atoms with E-state index in [9.17, 15) is 0 Å². The van der Waals surface area contributed by atoms with Crippen LogP contribution in [-0.4, -0.2) is 37.9 Å². The SMILES string of the molecule is C[N+](C)(C)CCCCCCCCCS. The summed E-state index contributed by atoms with van der Waals surface area (Å²) in [6.07, 6.45) is 9.72. The van der Waals surface area contributed by atoms with Crippen molar-refractivity contribution in [1.82, 2.24) is 0 Å². The van der Waals surface area contributed by atoms with Crippen LogP contribution in [0.3, 0.4) is 0 Å². The molecule has 0 rings (SSSR count). The Morgan fingerprint density at radius 3 is 1.57 bits per heavy atom. The topological polar surface area (TPSA) is 0 Å². The molecule has 0 spiro atoms. The van der Waals surface area contributed by atoms with Crippen LogP contribution >= 0.6 is 12.6 Å². The van der Waals surface area contributed by atoms with Crippen LogP contribution in [0.4, 0.5) is 0 Å². The summed E-state index contributed by atoms with van der Waals surface area (Å²) in [5.74, 6) is 1.06. The van der Waals surface area contributed by atoms with Gasteiger partial charge in [0.15, 0.2) is 0 Å². The van der Waals surface area contributed by atoms with Crippen molar-refractivity contribution in [3.05, 3.63) is 0 Å². The molecule has 0 fully saturated rings. The van der Waals surface area contributed by atoms with Crippen molar-refractivity contribution in [2.75, 3.05) is 33.4 Å². The molecule has 0 atom stereocenters. The summed E-state index contributed by atoms with van der Waals surface area (Å²) in [5, 5.41) is 0. The third kappa shape index (κ3) is 12.3. The molecule has 0 aromatic rings. The molecule has 86 valence electrons. The van der Waals surface area contributed by atoms with E-state index < -0.39 is 0 Å².